The van der Waals surface area contributed by atoms with Gasteiger partial charge in [-0.3, -0.25) is 37.3 Å². The second kappa shape index (κ2) is 74.2. The molecule has 0 saturated carbocycles. The molecule has 0 rings (SSSR count). The highest BCUT2D eigenvalue weighted by atomic mass is 31.2. The van der Waals surface area contributed by atoms with Gasteiger partial charge in [0.05, 0.1) is 26.4 Å². The summed E-state index contributed by atoms with van der Waals surface area (Å²) in [5.41, 5.74) is 0. The third-order valence-corrected chi connectivity index (χ3v) is 21.9. The van der Waals surface area contributed by atoms with E-state index in [1.165, 1.54) is 250 Å². The van der Waals surface area contributed by atoms with Gasteiger partial charge in [-0.1, -0.05) is 389 Å². The van der Waals surface area contributed by atoms with Crippen LogP contribution in [0.5, 0.6) is 0 Å². The van der Waals surface area contributed by atoms with Crippen molar-refractivity contribution in [2.24, 2.45) is 17.8 Å². The molecule has 0 fully saturated rings. The van der Waals surface area contributed by atoms with E-state index in [0.717, 1.165) is 108 Å². The first-order valence-corrected chi connectivity index (χ1v) is 46.4. The van der Waals surface area contributed by atoms with Crippen LogP contribution in [-0.2, 0) is 65.4 Å². The van der Waals surface area contributed by atoms with Gasteiger partial charge in [0.25, 0.3) is 0 Å². The van der Waals surface area contributed by atoms with Crippen molar-refractivity contribution in [3.8, 4) is 0 Å². The van der Waals surface area contributed by atoms with Crippen molar-refractivity contribution in [1.29, 1.82) is 0 Å². The smallest absolute Gasteiger partial charge is 0.462 e. The monoisotopic (exact) mass is 1510 g/mol. The van der Waals surface area contributed by atoms with Crippen molar-refractivity contribution in [1.82, 2.24) is 0 Å². The lowest BCUT2D eigenvalue weighted by Gasteiger charge is -2.21. The fraction of sp³-hybridized carbons (Fsp3) is 0.952. The topological polar surface area (TPSA) is 237 Å². The number of unbranched alkanes of at least 4 members (excludes halogenated alkanes) is 49. The average molecular weight is 1510 g/mol. The summed E-state index contributed by atoms with van der Waals surface area (Å²) in [5.74, 6) is 0.347. The zero-order valence-corrected chi connectivity index (χ0v) is 69.6. The number of aliphatic hydroxyl groups excluding tert-OH is 1. The summed E-state index contributed by atoms with van der Waals surface area (Å²) in [6.45, 7) is 12.1. The Morgan fingerprint density at radius 1 is 0.282 bits per heavy atom. The summed E-state index contributed by atoms with van der Waals surface area (Å²) >= 11 is 0. The first-order chi connectivity index (χ1) is 49.8. The molecule has 0 saturated heterocycles. The van der Waals surface area contributed by atoms with Crippen LogP contribution in [0.3, 0.4) is 0 Å². The molecule has 3 unspecified atom stereocenters. The Morgan fingerprint density at radius 2 is 0.495 bits per heavy atom. The predicted molar refractivity (Wildman–Crippen MR) is 423 cm³/mol. The number of hydrogen-bond donors (Lipinski definition) is 3. The molecule has 19 heteroatoms. The van der Waals surface area contributed by atoms with Crippen molar-refractivity contribution in [2.75, 3.05) is 39.6 Å². The molecular weight excluding hydrogens is 1340 g/mol. The van der Waals surface area contributed by atoms with Gasteiger partial charge in [0, 0.05) is 25.7 Å². The molecule has 17 nitrogen and oxygen atoms in total. The zero-order valence-electron chi connectivity index (χ0n) is 67.8. The van der Waals surface area contributed by atoms with Gasteiger partial charge in [-0.2, -0.15) is 0 Å². The van der Waals surface area contributed by atoms with E-state index in [1.807, 2.05) is 0 Å². The lowest BCUT2D eigenvalue weighted by Crippen LogP contribution is -2.30. The molecule has 6 atom stereocenters. The molecular formula is C84H164O17P2. The normalized spacial score (nSPS) is 14.2. The second-order valence-electron chi connectivity index (χ2n) is 31.4. The zero-order chi connectivity index (χ0) is 75.8. The highest BCUT2D eigenvalue weighted by Crippen LogP contribution is 2.45. The molecule has 0 bridgehead atoms. The van der Waals surface area contributed by atoms with Crippen LogP contribution in [0.2, 0.25) is 0 Å². The van der Waals surface area contributed by atoms with E-state index in [4.69, 9.17) is 37.0 Å². The molecule has 0 aliphatic heterocycles. The van der Waals surface area contributed by atoms with E-state index in [9.17, 15) is 43.2 Å². The molecule has 0 aromatic heterocycles. The maximum absolute atomic E-state index is 13.1. The van der Waals surface area contributed by atoms with E-state index < -0.39 is 97.5 Å². The fourth-order valence-electron chi connectivity index (χ4n) is 13.0. The Balaban J connectivity index is 5.22. The average Bonchev–Trinajstić information content (AvgIpc) is 0.912. The van der Waals surface area contributed by atoms with E-state index >= 15 is 0 Å². The number of carbonyl (C=O) groups is 4. The third kappa shape index (κ3) is 76.6. The standard InChI is InChI=1S/C84H164O17P2/c1-8-10-11-12-13-34-44-51-58-65-81(86)94-71-79(100-83(88)68-61-54-47-40-33-27-20-18-23-29-36-42-49-56-63-76(5)6)73-98-102(90,91)96-69-78(85)70-97-103(92,93)99-74-80(72-95-82(87)66-59-52-45-38-31-25-21-19-24-30-37-43-50-57-64-77(7)9-2)101-84(89)67-60-53-46-39-32-26-17-15-14-16-22-28-35-41-48-55-62-75(3)4/h75-80,85H,8-74H2,1-7H3,(H,90,91)(H,92,93)/t77?,78-,79+,80+/m0/s1. The van der Waals surface area contributed by atoms with Gasteiger partial charge >= 0.3 is 39.5 Å². The van der Waals surface area contributed by atoms with Crippen molar-refractivity contribution < 1.29 is 80.2 Å². The van der Waals surface area contributed by atoms with Crippen LogP contribution in [0.1, 0.15) is 440 Å². The molecule has 612 valence electrons. The summed E-state index contributed by atoms with van der Waals surface area (Å²) < 4.78 is 68.8. The largest absolute Gasteiger partial charge is 0.472 e. The summed E-state index contributed by atoms with van der Waals surface area (Å²) in [6, 6.07) is 0. The number of hydrogen-bond acceptors (Lipinski definition) is 15. The number of phosphoric ester groups is 2. The number of rotatable bonds is 82. The van der Waals surface area contributed by atoms with Crippen molar-refractivity contribution in [3.05, 3.63) is 0 Å². The van der Waals surface area contributed by atoms with Gasteiger partial charge < -0.3 is 33.8 Å². The molecule has 0 aliphatic rings. The fourth-order valence-corrected chi connectivity index (χ4v) is 14.6. The van der Waals surface area contributed by atoms with Crippen molar-refractivity contribution >= 4 is 39.5 Å². The molecule has 0 spiro atoms. The van der Waals surface area contributed by atoms with Crippen LogP contribution in [0.25, 0.3) is 0 Å². The van der Waals surface area contributed by atoms with Crippen LogP contribution in [0.4, 0.5) is 0 Å². The maximum Gasteiger partial charge on any atom is 0.472 e. The van der Waals surface area contributed by atoms with Gasteiger partial charge in [0.2, 0.25) is 0 Å². The summed E-state index contributed by atoms with van der Waals surface area (Å²) in [5, 5.41) is 10.7. The minimum Gasteiger partial charge on any atom is -0.462 e. The Morgan fingerprint density at radius 3 is 0.738 bits per heavy atom. The lowest BCUT2D eigenvalue weighted by molar-refractivity contribution is -0.161. The quantitative estimate of drug-likeness (QED) is 0.0222. The number of phosphoric acid groups is 2. The van der Waals surface area contributed by atoms with Crippen LogP contribution < -0.4 is 0 Å². The molecule has 0 radical (unpaired) electrons. The molecule has 0 aromatic rings. The van der Waals surface area contributed by atoms with Gasteiger partial charge in [-0.05, 0) is 43.4 Å². The number of carbonyl (C=O) groups excluding carboxylic acids is 4. The Bertz CT molecular complexity index is 1990. The van der Waals surface area contributed by atoms with Gasteiger partial charge in [0.15, 0.2) is 12.2 Å². The minimum atomic E-state index is -4.96. The first-order valence-electron chi connectivity index (χ1n) is 43.4. The Kier molecular flexibility index (Phi) is 72.8. The van der Waals surface area contributed by atoms with Crippen LogP contribution in [0, 0.1) is 17.8 Å². The molecule has 3 N–H and O–H groups in total. The molecule has 0 heterocycles. The molecule has 0 aliphatic carbocycles. The highest BCUT2D eigenvalue weighted by molar-refractivity contribution is 7.47. The maximum atomic E-state index is 13.1. The first kappa shape index (κ1) is 101. The number of aliphatic hydroxyl groups is 1. The van der Waals surface area contributed by atoms with Crippen LogP contribution >= 0.6 is 15.6 Å². The van der Waals surface area contributed by atoms with Crippen molar-refractivity contribution in [3.63, 3.8) is 0 Å². The molecule has 0 aromatic carbocycles. The molecule has 103 heavy (non-hydrogen) atoms. The van der Waals surface area contributed by atoms with Crippen LogP contribution in [-0.4, -0.2) is 96.7 Å². The van der Waals surface area contributed by atoms with Gasteiger partial charge in [0.1, 0.15) is 19.3 Å². The Labute approximate surface area is 632 Å². The van der Waals surface area contributed by atoms with E-state index in [1.54, 1.807) is 0 Å². The summed E-state index contributed by atoms with van der Waals surface area (Å²) in [6.07, 6.45) is 63.7. The third-order valence-electron chi connectivity index (χ3n) is 20.0. The number of esters is 4. The summed E-state index contributed by atoms with van der Waals surface area (Å²) in [4.78, 5) is 73.1. The highest BCUT2D eigenvalue weighted by Gasteiger charge is 2.30. The van der Waals surface area contributed by atoms with Gasteiger partial charge in [-0.25, -0.2) is 9.13 Å². The van der Waals surface area contributed by atoms with E-state index in [0.29, 0.717) is 25.7 Å². The number of ether oxygens (including phenoxy) is 4. The summed E-state index contributed by atoms with van der Waals surface area (Å²) in [7, 11) is -9.92. The Hall–Kier alpha value is -1.94. The molecule has 0 amide bonds. The van der Waals surface area contributed by atoms with Crippen molar-refractivity contribution in [2.45, 2.75) is 458 Å². The van der Waals surface area contributed by atoms with E-state index in [2.05, 4.69) is 48.5 Å². The predicted octanol–water partition coefficient (Wildman–Crippen LogP) is 25.3. The SMILES string of the molecule is CCCCCCCCCCCC(=O)OC[C@H](COP(=O)(O)OC[C@H](O)COP(=O)(O)OC[C@@H](COC(=O)CCCCCCCCCCCCCCCCC(C)CC)OC(=O)CCCCCCCCCCCCCCCCCCC(C)C)OC(=O)CCCCCCCCCCCCCCCCC(C)C. The second-order valence-corrected chi connectivity index (χ2v) is 34.3. The van der Waals surface area contributed by atoms with E-state index in [-0.39, 0.29) is 25.7 Å². The minimum absolute atomic E-state index is 0.108. The van der Waals surface area contributed by atoms with Crippen LogP contribution in [0.15, 0.2) is 0 Å². The van der Waals surface area contributed by atoms with Gasteiger partial charge in [-0.15, -0.1) is 0 Å². The lowest BCUT2D eigenvalue weighted by atomic mass is 9.99.